The van der Waals surface area contributed by atoms with Crippen molar-refractivity contribution < 1.29 is 23.5 Å². The summed E-state index contributed by atoms with van der Waals surface area (Å²) in [7, 11) is 0. The first-order valence-corrected chi connectivity index (χ1v) is 11.7. The Morgan fingerprint density at radius 3 is 2.67 bits per heavy atom. The van der Waals surface area contributed by atoms with Gasteiger partial charge in [0.15, 0.2) is 16.8 Å². The molecule has 0 radical (unpaired) electrons. The SMILES string of the molecule is O=C(O)c1cccc(-c2ccc(/C=C3\SC(=Nc4ccc(Cl)cc4)N(c4ncccc4F)C3=O)o2)c1. The zero-order chi connectivity index (χ0) is 25.2. The Labute approximate surface area is 213 Å². The lowest BCUT2D eigenvalue weighted by molar-refractivity contribution is -0.113. The first-order valence-electron chi connectivity index (χ1n) is 10.5. The molecule has 5 rings (SSSR count). The molecule has 0 aliphatic carbocycles. The van der Waals surface area contributed by atoms with E-state index >= 15 is 0 Å². The van der Waals surface area contributed by atoms with Crippen molar-refractivity contribution in [2.75, 3.05) is 4.90 Å². The number of furan rings is 1. The number of pyridine rings is 1. The van der Waals surface area contributed by atoms with Gasteiger partial charge in [0, 0.05) is 22.9 Å². The summed E-state index contributed by atoms with van der Waals surface area (Å²) in [5, 5.41) is 9.98. The van der Waals surface area contributed by atoms with E-state index < -0.39 is 17.7 Å². The van der Waals surface area contributed by atoms with Gasteiger partial charge in [0.25, 0.3) is 5.91 Å². The lowest BCUT2D eigenvalue weighted by atomic mass is 10.1. The fraction of sp³-hybridized carbons (Fsp3) is 0. The maximum absolute atomic E-state index is 14.6. The van der Waals surface area contributed by atoms with Gasteiger partial charge in [-0.2, -0.15) is 0 Å². The van der Waals surface area contributed by atoms with Gasteiger partial charge in [-0.15, -0.1) is 0 Å². The molecule has 1 amide bonds. The van der Waals surface area contributed by atoms with E-state index in [9.17, 15) is 19.1 Å². The molecule has 2 aromatic heterocycles. The second-order valence-electron chi connectivity index (χ2n) is 7.52. The molecule has 1 N–H and O–H groups in total. The molecular weight excluding hydrogens is 505 g/mol. The van der Waals surface area contributed by atoms with Crippen LogP contribution >= 0.6 is 23.4 Å². The number of halogens is 2. The number of amides is 1. The second kappa shape index (κ2) is 9.80. The van der Waals surface area contributed by atoms with Gasteiger partial charge in [-0.25, -0.2) is 24.1 Å². The van der Waals surface area contributed by atoms with Crippen molar-refractivity contribution in [1.82, 2.24) is 4.98 Å². The monoisotopic (exact) mass is 519 g/mol. The third kappa shape index (κ3) is 4.79. The maximum atomic E-state index is 14.6. The van der Waals surface area contributed by atoms with Gasteiger partial charge in [-0.1, -0.05) is 23.7 Å². The van der Waals surface area contributed by atoms with Crippen LogP contribution in [-0.4, -0.2) is 27.1 Å². The quantitative estimate of drug-likeness (QED) is 0.297. The summed E-state index contributed by atoms with van der Waals surface area (Å²) in [5.41, 5.74) is 1.23. The van der Waals surface area contributed by atoms with Crippen molar-refractivity contribution in [3.05, 3.63) is 106 Å². The van der Waals surface area contributed by atoms with Crippen LogP contribution in [0.5, 0.6) is 0 Å². The molecule has 10 heteroatoms. The van der Waals surface area contributed by atoms with Crippen LogP contribution in [0, 0.1) is 5.82 Å². The first kappa shape index (κ1) is 23.5. The predicted molar refractivity (Wildman–Crippen MR) is 137 cm³/mol. The van der Waals surface area contributed by atoms with Gasteiger partial charge in [0.05, 0.1) is 16.2 Å². The molecule has 0 bridgehead atoms. The van der Waals surface area contributed by atoms with E-state index in [4.69, 9.17) is 16.0 Å². The number of carboxylic acid groups (broad SMARTS) is 1. The molecule has 7 nitrogen and oxygen atoms in total. The molecule has 0 atom stereocenters. The standard InChI is InChI=1S/C26H15ClFN3O4S/c27-17-6-8-18(9-7-17)30-26-31(23-20(28)5-2-12-29-23)24(32)22(36-26)14-19-10-11-21(35-19)15-3-1-4-16(13-15)25(33)34/h1-14H,(H,33,34)/b22-14-,30-26?. The van der Waals surface area contributed by atoms with Gasteiger partial charge in [-0.05, 0) is 72.4 Å². The summed E-state index contributed by atoms with van der Waals surface area (Å²) >= 11 is 7.00. The molecule has 1 aliphatic heterocycles. The number of aliphatic imine (C=N–C) groups is 1. The van der Waals surface area contributed by atoms with Gasteiger partial charge in [-0.3, -0.25) is 4.79 Å². The molecule has 1 fully saturated rings. The Balaban J connectivity index is 1.51. The van der Waals surface area contributed by atoms with E-state index in [1.54, 1.807) is 48.5 Å². The summed E-state index contributed by atoms with van der Waals surface area (Å²) in [5.74, 6) is -1.62. The van der Waals surface area contributed by atoms with Crippen LogP contribution in [0.3, 0.4) is 0 Å². The molecule has 4 aromatic rings. The number of nitrogens with zero attached hydrogens (tertiary/aromatic N) is 3. The minimum Gasteiger partial charge on any atom is -0.478 e. The number of carboxylic acids is 1. The van der Waals surface area contributed by atoms with Crippen LogP contribution in [0.25, 0.3) is 17.4 Å². The van der Waals surface area contributed by atoms with E-state index in [0.29, 0.717) is 27.8 Å². The lowest BCUT2D eigenvalue weighted by Crippen LogP contribution is -2.30. The zero-order valence-corrected chi connectivity index (χ0v) is 19.8. The molecule has 178 valence electrons. The number of carbonyl (C=O) groups excluding carboxylic acids is 1. The highest BCUT2D eigenvalue weighted by Gasteiger charge is 2.37. The highest BCUT2D eigenvalue weighted by Crippen LogP contribution is 2.38. The van der Waals surface area contributed by atoms with Gasteiger partial charge < -0.3 is 9.52 Å². The molecule has 0 unspecified atom stereocenters. The Morgan fingerprint density at radius 1 is 1.11 bits per heavy atom. The van der Waals surface area contributed by atoms with Crippen molar-refractivity contribution in [3.8, 4) is 11.3 Å². The number of aromatic nitrogens is 1. The minimum atomic E-state index is -1.05. The number of amidine groups is 1. The Bertz CT molecular complexity index is 1550. The van der Waals surface area contributed by atoms with Crippen LogP contribution in [0.2, 0.25) is 5.02 Å². The Morgan fingerprint density at radius 2 is 1.92 bits per heavy atom. The topological polar surface area (TPSA) is 96.0 Å². The Kier molecular flexibility index (Phi) is 6.41. The van der Waals surface area contributed by atoms with Crippen LogP contribution in [0.4, 0.5) is 15.9 Å². The predicted octanol–water partition coefficient (Wildman–Crippen LogP) is 6.64. The van der Waals surface area contributed by atoms with Crippen molar-refractivity contribution >= 4 is 58.0 Å². The fourth-order valence-corrected chi connectivity index (χ4v) is 4.51. The summed E-state index contributed by atoms with van der Waals surface area (Å²) in [6, 6.07) is 19.0. The van der Waals surface area contributed by atoms with Crippen molar-refractivity contribution in [1.29, 1.82) is 0 Å². The zero-order valence-electron chi connectivity index (χ0n) is 18.3. The lowest BCUT2D eigenvalue weighted by Gasteiger charge is -2.14. The number of aromatic carboxylic acids is 1. The number of thioether (sulfide) groups is 1. The largest absolute Gasteiger partial charge is 0.478 e. The van der Waals surface area contributed by atoms with Gasteiger partial charge in [0.2, 0.25) is 0 Å². The average Bonchev–Trinajstić information content (AvgIpc) is 3.46. The van der Waals surface area contributed by atoms with Crippen LogP contribution < -0.4 is 4.90 Å². The number of hydrogen-bond donors (Lipinski definition) is 1. The van der Waals surface area contributed by atoms with E-state index in [-0.39, 0.29) is 21.5 Å². The Hall–Kier alpha value is -4.21. The third-order valence-electron chi connectivity index (χ3n) is 5.10. The maximum Gasteiger partial charge on any atom is 0.335 e. The summed E-state index contributed by atoms with van der Waals surface area (Å²) in [6.45, 7) is 0. The highest BCUT2D eigenvalue weighted by molar-refractivity contribution is 8.19. The fourth-order valence-electron chi connectivity index (χ4n) is 3.42. The number of benzene rings is 2. The molecular formula is C26H15ClFN3O4S. The number of rotatable bonds is 5. The van der Waals surface area contributed by atoms with Crippen LogP contribution in [0.15, 0.2) is 93.3 Å². The summed E-state index contributed by atoms with van der Waals surface area (Å²) in [4.78, 5) is 34.5. The molecule has 1 aliphatic rings. The van der Waals surface area contributed by atoms with Crippen LogP contribution in [-0.2, 0) is 4.79 Å². The summed E-state index contributed by atoms with van der Waals surface area (Å²) in [6.07, 6.45) is 2.91. The van der Waals surface area contributed by atoms with Crippen molar-refractivity contribution in [2.24, 2.45) is 4.99 Å². The molecule has 0 saturated carbocycles. The second-order valence-corrected chi connectivity index (χ2v) is 8.96. The van der Waals surface area contributed by atoms with Crippen molar-refractivity contribution in [2.45, 2.75) is 0 Å². The summed E-state index contributed by atoms with van der Waals surface area (Å²) < 4.78 is 20.4. The highest BCUT2D eigenvalue weighted by atomic mass is 35.5. The smallest absolute Gasteiger partial charge is 0.335 e. The van der Waals surface area contributed by atoms with E-state index in [1.165, 1.54) is 36.5 Å². The first-order chi connectivity index (χ1) is 17.4. The minimum absolute atomic E-state index is 0.126. The molecule has 0 spiro atoms. The molecule has 1 saturated heterocycles. The van der Waals surface area contributed by atoms with Gasteiger partial charge >= 0.3 is 5.97 Å². The van der Waals surface area contributed by atoms with Gasteiger partial charge in [0.1, 0.15) is 11.5 Å². The van der Waals surface area contributed by atoms with E-state index in [1.807, 2.05) is 0 Å². The number of carbonyl (C=O) groups is 2. The molecule has 3 heterocycles. The number of anilines is 1. The van der Waals surface area contributed by atoms with Crippen LogP contribution in [0.1, 0.15) is 16.1 Å². The third-order valence-corrected chi connectivity index (χ3v) is 6.32. The normalized spacial score (nSPS) is 15.7. The molecule has 36 heavy (non-hydrogen) atoms. The van der Waals surface area contributed by atoms with E-state index in [0.717, 1.165) is 16.7 Å². The number of hydrogen-bond acceptors (Lipinski definition) is 6. The van der Waals surface area contributed by atoms with E-state index in [2.05, 4.69) is 9.98 Å². The molecule has 2 aromatic carbocycles. The van der Waals surface area contributed by atoms with Crippen molar-refractivity contribution in [3.63, 3.8) is 0 Å². The average molecular weight is 520 g/mol.